The standard InChI is InChI=1S/C21H35NO8/c1-12(2)14(15(24)28-10)22-13(23)11-20(9,27)21(22,16(25)29-18(3,4)5)17(26)30-19(6,7)8/h12,14,27H,11H2,1-10H3. The Morgan fingerprint density at radius 3 is 1.70 bits per heavy atom. The molecule has 1 heterocycles. The van der Waals surface area contributed by atoms with Crippen LogP contribution in [0.2, 0.25) is 0 Å². The maximum Gasteiger partial charge on any atom is 0.347 e. The molecule has 9 heteroatoms. The summed E-state index contributed by atoms with van der Waals surface area (Å²) >= 11 is 0. The first-order valence-electron chi connectivity index (χ1n) is 9.91. The van der Waals surface area contributed by atoms with Crippen molar-refractivity contribution in [1.29, 1.82) is 0 Å². The van der Waals surface area contributed by atoms with Gasteiger partial charge in [0.25, 0.3) is 5.54 Å². The molecule has 0 aromatic carbocycles. The van der Waals surface area contributed by atoms with E-state index >= 15 is 0 Å². The van der Waals surface area contributed by atoms with Crippen LogP contribution in [0.15, 0.2) is 0 Å². The van der Waals surface area contributed by atoms with Gasteiger partial charge in [0.15, 0.2) is 0 Å². The molecule has 0 aromatic rings. The lowest BCUT2D eigenvalue weighted by atomic mass is 9.79. The number of rotatable bonds is 5. The molecule has 172 valence electrons. The minimum atomic E-state index is -2.59. The molecule has 2 atom stereocenters. The number of likely N-dealkylation sites (tertiary alicyclic amines) is 1. The number of carbonyl (C=O) groups excluding carboxylic acids is 4. The van der Waals surface area contributed by atoms with Gasteiger partial charge in [-0.25, -0.2) is 14.4 Å². The van der Waals surface area contributed by atoms with Crippen molar-refractivity contribution in [2.24, 2.45) is 5.92 Å². The second-order valence-electron chi connectivity index (χ2n) is 10.1. The molecule has 2 unspecified atom stereocenters. The van der Waals surface area contributed by atoms with Crippen LogP contribution in [0.3, 0.4) is 0 Å². The highest BCUT2D eigenvalue weighted by Gasteiger charge is 2.74. The number of ether oxygens (including phenoxy) is 3. The molecule has 0 saturated carbocycles. The van der Waals surface area contributed by atoms with Crippen molar-refractivity contribution in [1.82, 2.24) is 4.90 Å². The summed E-state index contributed by atoms with van der Waals surface area (Å²) in [6.45, 7) is 14.0. The number of amides is 1. The van der Waals surface area contributed by atoms with Crippen molar-refractivity contribution in [3.05, 3.63) is 0 Å². The molecule has 9 nitrogen and oxygen atoms in total. The van der Waals surface area contributed by atoms with E-state index in [1.807, 2.05) is 0 Å². The Morgan fingerprint density at radius 1 is 1.00 bits per heavy atom. The Labute approximate surface area is 178 Å². The molecule has 0 bridgehead atoms. The lowest BCUT2D eigenvalue weighted by molar-refractivity contribution is -0.204. The van der Waals surface area contributed by atoms with Crippen LogP contribution >= 0.6 is 0 Å². The predicted octanol–water partition coefficient (Wildman–Crippen LogP) is 1.59. The number of hydrogen-bond donors (Lipinski definition) is 1. The zero-order valence-electron chi connectivity index (χ0n) is 19.6. The largest absolute Gasteiger partial charge is 0.467 e. The molecule has 1 N–H and O–H groups in total. The second kappa shape index (κ2) is 8.17. The Bertz CT molecular complexity index is 683. The van der Waals surface area contributed by atoms with E-state index in [1.165, 1.54) is 6.92 Å². The highest BCUT2D eigenvalue weighted by molar-refractivity contribution is 6.13. The van der Waals surface area contributed by atoms with Crippen LogP contribution in [-0.2, 0) is 33.4 Å². The summed E-state index contributed by atoms with van der Waals surface area (Å²) in [5.74, 6) is -4.47. The molecule has 0 aliphatic carbocycles. The third-order valence-electron chi connectivity index (χ3n) is 4.65. The topological polar surface area (TPSA) is 119 Å². The van der Waals surface area contributed by atoms with Gasteiger partial charge in [0, 0.05) is 0 Å². The number of aliphatic hydroxyl groups is 1. The normalized spacial score (nSPS) is 22.7. The van der Waals surface area contributed by atoms with Crippen molar-refractivity contribution in [2.75, 3.05) is 7.11 Å². The zero-order valence-corrected chi connectivity index (χ0v) is 19.6. The van der Waals surface area contributed by atoms with Gasteiger partial charge in [-0.15, -0.1) is 0 Å². The SMILES string of the molecule is COC(=O)C(C(C)C)N1C(=O)CC(C)(O)C1(C(=O)OC(C)(C)C)C(=O)OC(C)(C)C. The summed E-state index contributed by atoms with van der Waals surface area (Å²) in [6, 6.07) is -1.32. The molecule has 0 spiro atoms. The van der Waals surface area contributed by atoms with Gasteiger partial charge in [-0.3, -0.25) is 4.79 Å². The molecular formula is C21H35NO8. The first kappa shape index (κ1) is 25.9. The van der Waals surface area contributed by atoms with Crippen molar-refractivity contribution in [3.63, 3.8) is 0 Å². The first-order chi connectivity index (χ1) is 13.3. The lowest BCUT2D eigenvalue weighted by Gasteiger charge is -2.45. The summed E-state index contributed by atoms with van der Waals surface area (Å²) in [6.07, 6.45) is -0.578. The zero-order chi connectivity index (χ0) is 23.9. The predicted molar refractivity (Wildman–Crippen MR) is 107 cm³/mol. The van der Waals surface area contributed by atoms with Crippen LogP contribution in [0, 0.1) is 5.92 Å². The van der Waals surface area contributed by atoms with Gasteiger partial charge in [-0.2, -0.15) is 0 Å². The van der Waals surface area contributed by atoms with Crippen LogP contribution < -0.4 is 0 Å². The fourth-order valence-electron chi connectivity index (χ4n) is 3.54. The van der Waals surface area contributed by atoms with E-state index in [2.05, 4.69) is 0 Å². The summed E-state index contributed by atoms with van der Waals surface area (Å²) < 4.78 is 15.8. The van der Waals surface area contributed by atoms with E-state index in [0.29, 0.717) is 0 Å². The fraction of sp³-hybridized carbons (Fsp3) is 0.810. The Hall–Kier alpha value is -2.16. The molecular weight excluding hydrogens is 394 g/mol. The van der Waals surface area contributed by atoms with Gasteiger partial charge < -0.3 is 24.2 Å². The first-order valence-corrected chi connectivity index (χ1v) is 9.91. The van der Waals surface area contributed by atoms with E-state index in [4.69, 9.17) is 14.2 Å². The summed E-state index contributed by atoms with van der Waals surface area (Å²) in [7, 11) is 1.14. The molecule has 1 fully saturated rings. The number of carbonyl (C=O) groups is 4. The molecule has 1 aliphatic rings. The third kappa shape index (κ3) is 4.77. The summed E-state index contributed by atoms with van der Waals surface area (Å²) in [5, 5.41) is 11.2. The minimum Gasteiger partial charge on any atom is -0.467 e. The number of methoxy groups -OCH3 is 1. The van der Waals surface area contributed by atoms with Gasteiger partial charge in [0.1, 0.15) is 22.8 Å². The van der Waals surface area contributed by atoms with Crippen molar-refractivity contribution in [3.8, 4) is 0 Å². The van der Waals surface area contributed by atoms with Crippen LogP contribution in [0.4, 0.5) is 0 Å². The molecule has 0 radical (unpaired) electrons. The number of hydrogen-bond acceptors (Lipinski definition) is 8. The maximum absolute atomic E-state index is 13.5. The summed E-state index contributed by atoms with van der Waals surface area (Å²) in [5.41, 5.74) is -6.88. The highest BCUT2D eigenvalue weighted by Crippen LogP contribution is 2.45. The van der Waals surface area contributed by atoms with Crippen molar-refractivity contribution < 1.29 is 38.5 Å². The molecule has 1 saturated heterocycles. The monoisotopic (exact) mass is 429 g/mol. The van der Waals surface area contributed by atoms with Crippen LogP contribution in [-0.4, -0.2) is 69.3 Å². The molecule has 0 aromatic heterocycles. The average Bonchev–Trinajstić information content (AvgIpc) is 2.70. The average molecular weight is 430 g/mol. The van der Waals surface area contributed by atoms with Gasteiger partial charge >= 0.3 is 17.9 Å². The molecule has 1 rings (SSSR count). The van der Waals surface area contributed by atoms with Gasteiger partial charge in [-0.1, -0.05) is 13.8 Å². The van der Waals surface area contributed by atoms with Crippen LogP contribution in [0.5, 0.6) is 0 Å². The Morgan fingerprint density at radius 2 is 1.40 bits per heavy atom. The quantitative estimate of drug-likeness (QED) is 0.397. The van der Waals surface area contributed by atoms with Crippen molar-refractivity contribution in [2.45, 2.75) is 97.1 Å². The van der Waals surface area contributed by atoms with E-state index in [1.54, 1.807) is 55.4 Å². The lowest BCUT2D eigenvalue weighted by Crippen LogP contribution is -2.72. The Kier molecular flexibility index (Phi) is 7.05. The molecule has 30 heavy (non-hydrogen) atoms. The van der Waals surface area contributed by atoms with Gasteiger partial charge in [0.05, 0.1) is 13.5 Å². The van der Waals surface area contributed by atoms with Gasteiger partial charge in [0.2, 0.25) is 5.91 Å². The van der Waals surface area contributed by atoms with E-state index in [0.717, 1.165) is 12.0 Å². The molecule has 1 amide bonds. The third-order valence-corrected chi connectivity index (χ3v) is 4.65. The van der Waals surface area contributed by atoms with E-state index in [9.17, 15) is 24.3 Å². The highest BCUT2D eigenvalue weighted by atomic mass is 16.6. The fourth-order valence-corrected chi connectivity index (χ4v) is 3.54. The minimum absolute atomic E-state index is 0.542. The number of nitrogens with zero attached hydrogens (tertiary/aromatic N) is 1. The van der Waals surface area contributed by atoms with E-state index in [-0.39, 0.29) is 0 Å². The second-order valence-corrected chi connectivity index (χ2v) is 10.1. The summed E-state index contributed by atoms with van der Waals surface area (Å²) in [4.78, 5) is 53.4. The van der Waals surface area contributed by atoms with Gasteiger partial charge in [-0.05, 0) is 54.4 Å². The van der Waals surface area contributed by atoms with Crippen LogP contribution in [0.1, 0.15) is 68.7 Å². The number of esters is 3. The Balaban J connectivity index is 3.89. The smallest absolute Gasteiger partial charge is 0.347 e. The van der Waals surface area contributed by atoms with E-state index < -0.39 is 64.5 Å². The van der Waals surface area contributed by atoms with Crippen molar-refractivity contribution >= 4 is 23.8 Å². The molecule has 1 aliphatic heterocycles. The maximum atomic E-state index is 13.5. The van der Waals surface area contributed by atoms with Crippen LogP contribution in [0.25, 0.3) is 0 Å².